The fourth-order valence-electron chi connectivity index (χ4n) is 12.1. The van der Waals surface area contributed by atoms with E-state index in [0.29, 0.717) is 11.1 Å². The van der Waals surface area contributed by atoms with E-state index in [9.17, 15) is 27.4 Å². The summed E-state index contributed by atoms with van der Waals surface area (Å²) in [7, 11) is -6.19. The van der Waals surface area contributed by atoms with E-state index >= 15 is 0 Å². The van der Waals surface area contributed by atoms with Gasteiger partial charge in [0.05, 0.1) is 68.6 Å². The maximum absolute atomic E-state index is 11.1. The molecule has 12 aromatic carbocycles. The van der Waals surface area contributed by atoms with Crippen molar-refractivity contribution in [3.63, 3.8) is 0 Å². The van der Waals surface area contributed by atoms with Gasteiger partial charge in [0.1, 0.15) is 11.5 Å². The zero-order valence-electron chi connectivity index (χ0n) is 71.5. The van der Waals surface area contributed by atoms with Crippen molar-refractivity contribution >= 4 is 83.2 Å². The van der Waals surface area contributed by atoms with E-state index in [2.05, 4.69) is 0 Å². The van der Waals surface area contributed by atoms with Gasteiger partial charge in [-0.05, 0) is 90.1 Å². The highest BCUT2D eigenvalue weighted by molar-refractivity contribution is 7.20. The summed E-state index contributed by atoms with van der Waals surface area (Å²) in [6.07, 6.45) is 0. The highest BCUT2D eigenvalue weighted by atomic mass is 28.3. The lowest BCUT2D eigenvalue weighted by molar-refractivity contribution is 0.437. The van der Waals surface area contributed by atoms with Crippen molar-refractivity contribution in [3.8, 4) is 45.9 Å². The van der Waals surface area contributed by atoms with Gasteiger partial charge >= 0.3 is 0 Å². The summed E-state index contributed by atoms with van der Waals surface area (Å²) < 4.78 is 294. The first-order valence-electron chi connectivity index (χ1n) is 40.2. The Hall–Kier alpha value is -10.5. The van der Waals surface area contributed by atoms with Crippen LogP contribution in [0.2, 0.25) is 0 Å². The molecule has 0 N–H and O–H groups in total. The van der Waals surface area contributed by atoms with Crippen LogP contribution in [0.5, 0.6) is 11.5 Å². The van der Waals surface area contributed by atoms with Crippen LogP contribution in [0.1, 0.15) is 63.4 Å². The molecule has 378 valence electrons. The second kappa shape index (κ2) is 17.5. The smallest absolute Gasteiger partial charge is 0.240 e. The van der Waals surface area contributed by atoms with E-state index in [-0.39, 0.29) is 16.7 Å². The standard InChI is InChI=1S/C74H47N5OSi/c1-3-24-50(25-4-1)81(51-26-5-2-6-27-51,53-43-45-62-69(47-53)80-68-41-20-15-36-61(68)74(62)60-35-14-9-34-59(60)70-54-29-8-7-22-48(54)42-44-63(70)74)52-28-21-23-49(46-52)71-75-72(78-64-37-16-10-30-55(64)56-31-11-17-38-65(56)78)77-73(76-71)79-66-39-18-12-32-57(66)58-33-13-19-40-67(58)79/h1-47H/i1D,2D,3D,4D,5D,6D,10D,11D,12D,13D,16D,17D,18D,19D,21D,23D,24D,25D,26D,27D,28D,30D,31D,32D,33D,37D,38D,39D,40D,46D. The van der Waals surface area contributed by atoms with Crippen molar-refractivity contribution in [2.75, 3.05) is 0 Å². The van der Waals surface area contributed by atoms with Gasteiger partial charge in [-0.25, -0.2) is 0 Å². The first kappa shape index (κ1) is 25.1. The van der Waals surface area contributed by atoms with Crippen molar-refractivity contribution < 1.29 is 45.9 Å². The van der Waals surface area contributed by atoms with Gasteiger partial charge in [-0.15, -0.1) is 0 Å². The number of nitrogens with zero attached hydrogens (tertiary/aromatic N) is 5. The van der Waals surface area contributed by atoms with E-state index in [4.69, 9.17) is 33.4 Å². The fraction of sp³-hybridized carbons (Fsp3) is 0.0135. The van der Waals surface area contributed by atoms with Crippen molar-refractivity contribution in [2.45, 2.75) is 5.41 Å². The van der Waals surface area contributed by atoms with Gasteiger partial charge in [0.15, 0.2) is 13.9 Å². The minimum absolute atomic E-state index is 0.0453. The highest BCUT2D eigenvalue weighted by Crippen LogP contribution is 2.63. The Morgan fingerprint density at radius 1 is 0.383 bits per heavy atom. The number of aromatic nitrogens is 5. The lowest BCUT2D eigenvalue weighted by Crippen LogP contribution is -2.74. The molecular formula is C74H47N5OSi. The summed E-state index contributed by atoms with van der Waals surface area (Å²) in [6, 6.07) is 0.869. The van der Waals surface area contributed by atoms with E-state index in [1.165, 1.54) is 12.1 Å². The van der Waals surface area contributed by atoms with Gasteiger partial charge in [-0.3, -0.25) is 9.13 Å². The minimum atomic E-state index is -6.19. The topological polar surface area (TPSA) is 57.8 Å². The predicted octanol–water partition coefficient (Wildman–Crippen LogP) is 14.7. The summed E-state index contributed by atoms with van der Waals surface area (Å²) in [5, 5.41) is -3.48. The molecule has 0 saturated heterocycles. The summed E-state index contributed by atoms with van der Waals surface area (Å²) >= 11 is 0. The number of hydrogen-bond donors (Lipinski definition) is 0. The third-order valence-electron chi connectivity index (χ3n) is 15.3. The van der Waals surface area contributed by atoms with Crippen LogP contribution in [0.25, 0.3) is 88.8 Å². The maximum Gasteiger partial charge on any atom is 0.240 e. The quantitative estimate of drug-likeness (QED) is 0.118. The molecule has 81 heavy (non-hydrogen) atoms. The molecule has 4 heterocycles. The average Bonchev–Trinajstić information content (AvgIpc) is 1.67. The Labute approximate surface area is 510 Å². The lowest BCUT2D eigenvalue weighted by atomic mass is 9.66. The Bertz CT molecular complexity index is 6460. The van der Waals surface area contributed by atoms with E-state index in [1.807, 2.05) is 72.8 Å². The Morgan fingerprint density at radius 2 is 0.889 bits per heavy atom. The van der Waals surface area contributed by atoms with Crippen molar-refractivity contribution in [1.29, 1.82) is 0 Å². The van der Waals surface area contributed by atoms with Crippen molar-refractivity contribution in [1.82, 2.24) is 24.1 Å². The molecule has 0 saturated carbocycles. The third-order valence-corrected chi connectivity index (χ3v) is 19.5. The molecule has 0 fully saturated rings. The second-order valence-corrected chi connectivity index (χ2v) is 22.7. The highest BCUT2D eigenvalue weighted by Gasteiger charge is 2.52. The van der Waals surface area contributed by atoms with Crippen LogP contribution in [-0.4, -0.2) is 32.2 Å². The van der Waals surface area contributed by atoms with Gasteiger partial charge in [0.2, 0.25) is 11.9 Å². The first-order valence-corrected chi connectivity index (χ1v) is 27.2. The Balaban J connectivity index is 1.09. The summed E-state index contributed by atoms with van der Waals surface area (Å²) in [5.41, 5.74) is -0.827. The number of para-hydroxylation sites is 5. The molecule has 6 nitrogen and oxygen atoms in total. The molecule has 0 bridgehead atoms. The number of benzene rings is 12. The van der Waals surface area contributed by atoms with Gasteiger partial charge in [0, 0.05) is 38.2 Å². The van der Waals surface area contributed by atoms with E-state index < -0.39 is 277 Å². The summed E-state index contributed by atoms with van der Waals surface area (Å²) in [6.45, 7) is 0. The van der Waals surface area contributed by atoms with Crippen LogP contribution in [0.15, 0.2) is 284 Å². The Kier molecular flexibility index (Phi) is 5.43. The van der Waals surface area contributed by atoms with Crippen LogP contribution in [0.4, 0.5) is 0 Å². The van der Waals surface area contributed by atoms with Crippen LogP contribution < -0.4 is 25.5 Å². The SMILES string of the molecule is [2H]c1c([2H])c([2H])c([Si](c2ccc3c(c2)Oc2ccccc2C32c3ccccc3-c3c2ccc2ccccc32)(c2c([2H])c([2H])c([2H])c([2H])c2[2H])c2c([2H])c([2H])c([2H])c(-c3nc(-n4c5c([2H])c([2H])c([2H])c([2H])c5c5c([2H])c([2H])c([2H])c([2H])c54)nc(-n4c5c([2H])c([2H])c([2H])c([2H])c5c5c([2H])c([2H])c([2H])c([2H])c54)n3)c2[2H])c([2H])c1[2H]. The molecule has 17 rings (SSSR count). The number of rotatable bonds is 7. The maximum atomic E-state index is 11.1. The molecule has 7 heteroatoms. The van der Waals surface area contributed by atoms with Gasteiger partial charge in [0.25, 0.3) is 0 Å². The van der Waals surface area contributed by atoms with E-state index in [0.717, 1.165) is 42.2 Å². The molecule has 1 atom stereocenters. The molecule has 0 radical (unpaired) electrons. The fourth-order valence-corrected chi connectivity index (χ4v) is 16.0. The van der Waals surface area contributed by atoms with Crippen LogP contribution >= 0.6 is 0 Å². The molecule has 15 aromatic rings. The van der Waals surface area contributed by atoms with Crippen LogP contribution in [0, 0.1) is 0 Å². The number of fused-ring (bicyclic) bond motifs is 17. The second-order valence-electron chi connectivity index (χ2n) is 19.1. The molecule has 2 aliphatic rings. The molecule has 1 aliphatic carbocycles. The minimum Gasteiger partial charge on any atom is -0.457 e. The first-order chi connectivity index (χ1) is 52.6. The molecular weight excluding hydrogens is 1000 g/mol. The average molecular weight is 1080 g/mol. The molecule has 1 aliphatic heterocycles. The van der Waals surface area contributed by atoms with Crippen LogP contribution in [0.3, 0.4) is 0 Å². The Morgan fingerprint density at radius 3 is 1.52 bits per heavy atom. The van der Waals surface area contributed by atoms with Crippen molar-refractivity contribution in [2.24, 2.45) is 0 Å². The van der Waals surface area contributed by atoms with Gasteiger partial charge in [-0.1, -0.05) is 248 Å². The normalized spacial score (nSPS) is 19.5. The van der Waals surface area contributed by atoms with E-state index in [1.54, 1.807) is 18.2 Å². The largest absolute Gasteiger partial charge is 0.457 e. The number of hydrogen-bond acceptors (Lipinski definition) is 4. The van der Waals surface area contributed by atoms with Crippen LogP contribution in [-0.2, 0) is 5.41 Å². The van der Waals surface area contributed by atoms with Gasteiger partial charge in [-0.2, -0.15) is 15.0 Å². The third kappa shape index (κ3) is 6.40. The van der Waals surface area contributed by atoms with Crippen molar-refractivity contribution in [3.05, 3.63) is 307 Å². The van der Waals surface area contributed by atoms with Gasteiger partial charge < -0.3 is 4.74 Å². The molecule has 1 unspecified atom stereocenters. The summed E-state index contributed by atoms with van der Waals surface area (Å²) in [5.74, 6) is -2.88. The monoisotopic (exact) mass is 1080 g/mol. The lowest BCUT2D eigenvalue weighted by Gasteiger charge is -2.41. The molecule has 1 spiro atoms. The predicted molar refractivity (Wildman–Crippen MR) is 332 cm³/mol. The number of ether oxygens (including phenoxy) is 1. The molecule has 3 aromatic heterocycles. The summed E-state index contributed by atoms with van der Waals surface area (Å²) in [4.78, 5) is 14.3. The molecule has 0 amide bonds. The zero-order chi connectivity index (χ0) is 79.3. The zero-order valence-corrected chi connectivity index (χ0v) is 42.5.